The Balaban J connectivity index is -0.00000000500. The third-order valence-electron chi connectivity index (χ3n) is 0. The fraction of sp³-hybridized carbons (Fsp3) is 0. The first-order chi connectivity index (χ1) is 1.00. The second-order valence-electron chi connectivity index (χ2n) is 0. The van der Waals surface area contributed by atoms with Gasteiger partial charge in [0.05, 0.1) is 0 Å². The van der Waals surface area contributed by atoms with Gasteiger partial charge in [-0.15, -0.1) is 0 Å². The van der Waals surface area contributed by atoms with Crippen LogP contribution in [0.5, 0.6) is 0 Å². The van der Waals surface area contributed by atoms with E-state index in [1.807, 2.05) is 0 Å². The minimum Gasteiger partial charge on any atom is -0.0504 e. The summed E-state index contributed by atoms with van der Waals surface area (Å²) < 4.78 is 0. The van der Waals surface area contributed by atoms with Crippen molar-refractivity contribution in [3.05, 3.63) is 0 Å². The van der Waals surface area contributed by atoms with E-state index in [0.717, 1.165) is 0 Å². The van der Waals surface area contributed by atoms with Crippen molar-refractivity contribution in [2.45, 2.75) is 0 Å². The first kappa shape index (κ1) is 17.0. The predicted molar refractivity (Wildman–Crippen MR) is 28.4 cm³/mol. The Hall–Kier alpha value is 1.80. The fourth-order valence-corrected chi connectivity index (χ4v) is 0. The first-order valence-corrected chi connectivity index (χ1v) is 9.00. The van der Waals surface area contributed by atoms with Gasteiger partial charge < -0.3 is 0 Å². The van der Waals surface area contributed by atoms with Gasteiger partial charge >= 0.3 is 0 Å². The molecule has 4 heteroatoms. The first-order valence-electron chi connectivity index (χ1n) is 1.00. The Morgan fingerprint density at radius 2 is 1.25 bits per heavy atom. The average Bonchev–Trinajstić information content (AvgIpc) is 1.00. The maximum absolute atomic E-state index is 1.44. The molecule has 0 unspecified atom stereocenters. The molecule has 0 amide bonds. The third kappa shape index (κ3) is 9.19. The molecule has 0 N–H and O–H groups in total. The molecular formula is H8Al2CuSi. The third-order valence-corrected chi connectivity index (χ3v) is 0. The number of hydrogen-bond acceptors (Lipinski definition) is 0. The molecule has 0 aliphatic heterocycles. The van der Waals surface area contributed by atoms with E-state index in [-0.39, 0.29) is 34.4 Å². The summed E-state index contributed by atoms with van der Waals surface area (Å²) in [6, 6.07) is 0. The SMILES string of the molecule is [AlH2][SiH3].[AlH3].[Cu]. The van der Waals surface area contributed by atoms with Gasteiger partial charge in [-0.05, 0) is 0 Å². The Morgan fingerprint density at radius 1 is 1.25 bits per heavy atom. The molecule has 0 spiro atoms. The van der Waals surface area contributed by atoms with Crippen LogP contribution in [0.25, 0.3) is 0 Å². The number of rotatable bonds is 0. The van der Waals surface area contributed by atoms with Gasteiger partial charge in [-0.3, -0.25) is 0 Å². The zero-order chi connectivity index (χ0) is 2.00. The van der Waals surface area contributed by atoms with Crippen molar-refractivity contribution in [2.75, 3.05) is 0 Å². The van der Waals surface area contributed by atoms with Crippen LogP contribution < -0.4 is 0 Å². The molecule has 0 heterocycles. The van der Waals surface area contributed by atoms with Gasteiger partial charge in [-0.2, -0.15) is 0 Å². The van der Waals surface area contributed by atoms with Crippen LogP contribution in [0.4, 0.5) is 0 Å². The molecule has 4 heavy (non-hydrogen) atoms. The second kappa shape index (κ2) is 21.4. The Morgan fingerprint density at radius 3 is 1.25 bits per heavy atom. The van der Waals surface area contributed by atoms with E-state index in [9.17, 15) is 0 Å². The molecular weight excluding hydrogens is 146 g/mol. The molecule has 29 valence electrons. The molecule has 0 aromatic heterocycles. The van der Waals surface area contributed by atoms with Crippen LogP contribution in [0.1, 0.15) is 0 Å². The molecule has 0 aliphatic carbocycles. The van der Waals surface area contributed by atoms with E-state index in [1.54, 1.807) is 0 Å². The van der Waals surface area contributed by atoms with E-state index in [4.69, 9.17) is 0 Å². The van der Waals surface area contributed by atoms with Gasteiger partial charge in [0.15, 0.2) is 33.0 Å². The monoisotopic (exact) mass is 153 g/mol. The summed E-state index contributed by atoms with van der Waals surface area (Å²) >= 11 is 1.44. The molecule has 0 bridgehead atoms. The Kier molecular flexibility index (Phi) is 91.1. The predicted octanol–water partition coefficient (Wildman–Crippen LogP) is -3.29. The van der Waals surface area contributed by atoms with Crippen molar-refractivity contribution in [2.24, 2.45) is 0 Å². The summed E-state index contributed by atoms with van der Waals surface area (Å²) in [4.78, 5) is 0. The quantitative estimate of drug-likeness (QED) is 0.320. The summed E-state index contributed by atoms with van der Waals surface area (Å²) in [6.07, 6.45) is 0. The van der Waals surface area contributed by atoms with E-state index in [2.05, 4.69) is 0 Å². The van der Waals surface area contributed by atoms with Crippen molar-refractivity contribution in [3.63, 3.8) is 0 Å². The van der Waals surface area contributed by atoms with Crippen molar-refractivity contribution in [3.8, 4) is 0 Å². The van der Waals surface area contributed by atoms with Gasteiger partial charge in [0.25, 0.3) is 0 Å². The fourth-order valence-electron chi connectivity index (χ4n) is 0. The molecule has 0 aliphatic rings. The van der Waals surface area contributed by atoms with Crippen LogP contribution in [0.3, 0.4) is 0 Å². The molecule has 0 saturated heterocycles. The molecule has 0 aromatic rings. The van der Waals surface area contributed by atoms with Gasteiger partial charge in [-0.1, -0.05) is 8.80 Å². The normalized spacial score (nSPS) is 2.00. The van der Waals surface area contributed by atoms with E-state index >= 15 is 0 Å². The summed E-state index contributed by atoms with van der Waals surface area (Å²) in [6.45, 7) is 0. The molecule has 1 radical (unpaired) electrons. The summed E-state index contributed by atoms with van der Waals surface area (Å²) in [5.74, 6) is 0. The molecule has 0 rings (SSSR count). The van der Waals surface area contributed by atoms with Gasteiger partial charge in [0.1, 0.15) is 0 Å². The molecule has 0 aromatic carbocycles. The number of hydrogen-bond donors (Lipinski definition) is 0. The maximum Gasteiger partial charge on any atom is 0.193 e. The Bertz CT molecular complexity index is 6.00. The smallest absolute Gasteiger partial charge is 0.0504 e. The van der Waals surface area contributed by atoms with Crippen molar-refractivity contribution >= 4 is 41.8 Å². The standard InChI is InChI=1S/2Al.Cu.H3Si.5H/h;;;1H3;;;;;. The average molecular weight is 154 g/mol. The summed E-state index contributed by atoms with van der Waals surface area (Å²) in [5.41, 5.74) is 0. The molecule has 0 atom stereocenters. The van der Waals surface area contributed by atoms with E-state index in [0.29, 0.717) is 0 Å². The van der Waals surface area contributed by atoms with Gasteiger partial charge in [-0.25, -0.2) is 0 Å². The summed E-state index contributed by atoms with van der Waals surface area (Å²) in [7, 11) is 1.44. The largest absolute Gasteiger partial charge is 0.193 e. The van der Waals surface area contributed by atoms with Gasteiger partial charge in [0, 0.05) is 17.1 Å². The van der Waals surface area contributed by atoms with E-state index in [1.165, 1.54) is 24.4 Å². The molecule has 0 saturated carbocycles. The van der Waals surface area contributed by atoms with Crippen LogP contribution in [0.2, 0.25) is 0 Å². The van der Waals surface area contributed by atoms with Crippen LogP contribution in [-0.4, -0.2) is 41.8 Å². The Labute approximate surface area is 58.6 Å². The van der Waals surface area contributed by atoms with Gasteiger partial charge in [0.2, 0.25) is 0 Å². The minimum absolute atomic E-state index is 0. The van der Waals surface area contributed by atoms with Crippen molar-refractivity contribution in [1.82, 2.24) is 0 Å². The second-order valence-corrected chi connectivity index (χ2v) is 0. The van der Waals surface area contributed by atoms with Crippen LogP contribution >= 0.6 is 0 Å². The van der Waals surface area contributed by atoms with Crippen LogP contribution in [0, 0.1) is 0 Å². The molecule has 0 fully saturated rings. The van der Waals surface area contributed by atoms with Crippen LogP contribution in [-0.2, 0) is 17.1 Å². The van der Waals surface area contributed by atoms with Crippen molar-refractivity contribution in [1.29, 1.82) is 0 Å². The topological polar surface area (TPSA) is 0 Å². The summed E-state index contributed by atoms with van der Waals surface area (Å²) in [5, 5.41) is 0. The molecule has 0 nitrogen and oxygen atoms in total. The van der Waals surface area contributed by atoms with Crippen LogP contribution in [0.15, 0.2) is 0 Å². The van der Waals surface area contributed by atoms with E-state index < -0.39 is 0 Å². The zero-order valence-electron chi connectivity index (χ0n) is 2.30. The maximum atomic E-state index is 1.44. The van der Waals surface area contributed by atoms with Crippen molar-refractivity contribution < 1.29 is 17.1 Å². The minimum atomic E-state index is 0. The zero-order valence-corrected chi connectivity index (χ0v) is 7.24.